The molecule has 27 heavy (non-hydrogen) atoms. The number of guanidine groups is 1. The number of nitrogens with zero attached hydrogens (tertiary/aromatic N) is 1. The number of benzene rings is 1. The van der Waals surface area contributed by atoms with Gasteiger partial charge in [0.15, 0.2) is 5.96 Å². The van der Waals surface area contributed by atoms with E-state index in [4.69, 9.17) is 9.47 Å². The Kier molecular flexibility index (Phi) is 14.6. The third kappa shape index (κ3) is 12.3. The van der Waals surface area contributed by atoms with Crippen molar-refractivity contribution in [3.8, 4) is 0 Å². The summed E-state index contributed by atoms with van der Waals surface area (Å²) in [6.45, 7) is 9.74. The minimum Gasteiger partial charge on any atom is -0.381 e. The minimum absolute atomic E-state index is 0. The van der Waals surface area contributed by atoms with Crippen molar-refractivity contribution in [2.75, 3.05) is 40.5 Å². The van der Waals surface area contributed by atoms with Gasteiger partial charge in [-0.05, 0) is 30.2 Å². The number of aliphatic imine (C=N–C) groups is 1. The highest BCUT2D eigenvalue weighted by atomic mass is 127. The minimum atomic E-state index is 0. The molecule has 0 fully saturated rings. The second-order valence-corrected chi connectivity index (χ2v) is 7.53. The molecule has 1 unspecified atom stereocenters. The number of nitrogens with one attached hydrogen (secondary N) is 2. The van der Waals surface area contributed by atoms with Gasteiger partial charge in [-0.25, -0.2) is 0 Å². The van der Waals surface area contributed by atoms with E-state index in [0.717, 1.165) is 51.5 Å². The fraction of sp³-hybridized carbons (Fsp3) is 0.667. The van der Waals surface area contributed by atoms with Gasteiger partial charge < -0.3 is 20.1 Å². The molecule has 0 amide bonds. The fourth-order valence-corrected chi connectivity index (χ4v) is 2.63. The van der Waals surface area contributed by atoms with Crippen LogP contribution in [-0.2, 0) is 15.9 Å². The second kappa shape index (κ2) is 15.1. The molecular formula is C21H38IN3O2. The number of ether oxygens (including phenoxy) is 2. The van der Waals surface area contributed by atoms with Crippen molar-refractivity contribution in [1.82, 2.24) is 10.6 Å². The Balaban J connectivity index is 0.00000676. The van der Waals surface area contributed by atoms with Gasteiger partial charge in [-0.1, -0.05) is 51.1 Å². The van der Waals surface area contributed by atoms with Crippen LogP contribution in [0, 0.1) is 5.41 Å². The molecule has 1 atom stereocenters. The normalized spacial score (nSPS) is 13.0. The summed E-state index contributed by atoms with van der Waals surface area (Å²) in [5.74, 6) is 0.821. The molecule has 0 aromatic heterocycles. The SMILES string of the molecule is CN=C(NCCCCOCCc1ccccc1)NCC(OC)C(C)(C)C.I. The second-order valence-electron chi connectivity index (χ2n) is 7.53. The van der Waals surface area contributed by atoms with Crippen LogP contribution in [0.15, 0.2) is 35.3 Å². The first-order chi connectivity index (χ1) is 12.5. The van der Waals surface area contributed by atoms with Gasteiger partial charge in [0.2, 0.25) is 0 Å². The summed E-state index contributed by atoms with van der Waals surface area (Å²) in [6, 6.07) is 10.5. The molecule has 1 aromatic rings. The first kappa shape index (κ1) is 26.1. The van der Waals surface area contributed by atoms with E-state index in [2.05, 4.69) is 60.7 Å². The van der Waals surface area contributed by atoms with Crippen molar-refractivity contribution in [2.45, 2.75) is 46.1 Å². The van der Waals surface area contributed by atoms with Crippen LogP contribution in [0.25, 0.3) is 0 Å². The van der Waals surface area contributed by atoms with Gasteiger partial charge in [-0.3, -0.25) is 4.99 Å². The molecule has 0 aliphatic carbocycles. The van der Waals surface area contributed by atoms with Crippen molar-refractivity contribution >= 4 is 29.9 Å². The van der Waals surface area contributed by atoms with Crippen molar-refractivity contribution < 1.29 is 9.47 Å². The van der Waals surface area contributed by atoms with Crippen LogP contribution in [0.2, 0.25) is 0 Å². The number of hydrogen-bond donors (Lipinski definition) is 2. The topological polar surface area (TPSA) is 54.9 Å². The predicted molar refractivity (Wildman–Crippen MR) is 125 cm³/mol. The smallest absolute Gasteiger partial charge is 0.191 e. The Morgan fingerprint density at radius 2 is 1.78 bits per heavy atom. The molecule has 2 N–H and O–H groups in total. The Hall–Kier alpha value is -0.860. The lowest BCUT2D eigenvalue weighted by Gasteiger charge is -2.30. The first-order valence-electron chi connectivity index (χ1n) is 9.56. The summed E-state index contributed by atoms with van der Waals surface area (Å²) in [5, 5.41) is 6.68. The van der Waals surface area contributed by atoms with Crippen molar-refractivity contribution in [2.24, 2.45) is 10.4 Å². The Morgan fingerprint density at radius 1 is 1.07 bits per heavy atom. The molecule has 0 aliphatic heterocycles. The average molecular weight is 491 g/mol. The first-order valence-corrected chi connectivity index (χ1v) is 9.56. The molecule has 0 heterocycles. The molecule has 0 bridgehead atoms. The molecule has 6 heteroatoms. The third-order valence-corrected chi connectivity index (χ3v) is 4.31. The Labute approximate surface area is 182 Å². The highest BCUT2D eigenvalue weighted by molar-refractivity contribution is 14.0. The van der Waals surface area contributed by atoms with E-state index in [-0.39, 0.29) is 35.5 Å². The maximum atomic E-state index is 5.71. The lowest BCUT2D eigenvalue weighted by molar-refractivity contribution is 0.0205. The predicted octanol–water partition coefficient (Wildman–Crippen LogP) is 3.87. The molecule has 0 saturated heterocycles. The molecule has 1 rings (SSSR count). The number of rotatable bonds is 11. The van der Waals surface area contributed by atoms with Crippen LogP contribution in [0.3, 0.4) is 0 Å². The van der Waals surface area contributed by atoms with E-state index in [1.54, 1.807) is 14.2 Å². The van der Waals surface area contributed by atoms with Gasteiger partial charge in [-0.15, -0.1) is 24.0 Å². The van der Waals surface area contributed by atoms with Crippen molar-refractivity contribution in [3.63, 3.8) is 0 Å². The number of halogens is 1. The highest BCUT2D eigenvalue weighted by Crippen LogP contribution is 2.20. The van der Waals surface area contributed by atoms with Gasteiger partial charge in [0.25, 0.3) is 0 Å². The van der Waals surface area contributed by atoms with Crippen molar-refractivity contribution in [1.29, 1.82) is 0 Å². The van der Waals surface area contributed by atoms with E-state index in [1.165, 1.54) is 5.56 Å². The standard InChI is InChI=1S/C21H37N3O2.HI/c1-21(2,3)19(25-5)17-24-20(22-4)23-14-9-10-15-26-16-13-18-11-7-6-8-12-18;/h6-8,11-12,19H,9-10,13-17H2,1-5H3,(H2,22,23,24);1H. The molecule has 1 aromatic carbocycles. The van der Waals surface area contributed by atoms with E-state index in [1.807, 2.05) is 6.07 Å². The molecule has 156 valence electrons. The number of methoxy groups -OCH3 is 1. The lowest BCUT2D eigenvalue weighted by atomic mass is 9.89. The van der Waals surface area contributed by atoms with Crippen LogP contribution in [0.5, 0.6) is 0 Å². The quantitative estimate of drug-likeness (QED) is 0.214. The van der Waals surface area contributed by atoms with Crippen LogP contribution in [0.4, 0.5) is 0 Å². The average Bonchev–Trinajstić information content (AvgIpc) is 2.62. The summed E-state index contributed by atoms with van der Waals surface area (Å²) in [7, 11) is 3.55. The zero-order valence-electron chi connectivity index (χ0n) is 17.6. The molecule has 0 radical (unpaired) electrons. The molecule has 0 aliphatic rings. The fourth-order valence-electron chi connectivity index (χ4n) is 2.63. The zero-order valence-corrected chi connectivity index (χ0v) is 19.9. The van der Waals surface area contributed by atoms with Crippen LogP contribution >= 0.6 is 24.0 Å². The van der Waals surface area contributed by atoms with Gasteiger partial charge in [0.05, 0.1) is 12.7 Å². The largest absolute Gasteiger partial charge is 0.381 e. The van der Waals surface area contributed by atoms with E-state index < -0.39 is 0 Å². The number of unbranched alkanes of at least 4 members (excludes halogenated alkanes) is 1. The molecule has 5 nitrogen and oxygen atoms in total. The van der Waals surface area contributed by atoms with E-state index in [9.17, 15) is 0 Å². The van der Waals surface area contributed by atoms with Crippen molar-refractivity contribution in [3.05, 3.63) is 35.9 Å². The van der Waals surface area contributed by atoms with Crippen LogP contribution in [0.1, 0.15) is 39.2 Å². The summed E-state index contributed by atoms with van der Waals surface area (Å²) < 4.78 is 11.3. The molecule has 0 spiro atoms. The summed E-state index contributed by atoms with van der Waals surface area (Å²) in [4.78, 5) is 4.26. The zero-order chi connectivity index (χ0) is 19.3. The van der Waals surface area contributed by atoms with Crippen LogP contribution in [-0.4, -0.2) is 52.5 Å². The summed E-state index contributed by atoms with van der Waals surface area (Å²) in [5.41, 5.74) is 1.42. The van der Waals surface area contributed by atoms with Crippen LogP contribution < -0.4 is 10.6 Å². The summed E-state index contributed by atoms with van der Waals surface area (Å²) >= 11 is 0. The number of hydrogen-bond acceptors (Lipinski definition) is 3. The molecular weight excluding hydrogens is 453 g/mol. The monoisotopic (exact) mass is 491 g/mol. The van der Waals surface area contributed by atoms with E-state index >= 15 is 0 Å². The van der Waals surface area contributed by atoms with Gasteiger partial charge in [-0.2, -0.15) is 0 Å². The maximum absolute atomic E-state index is 5.71. The third-order valence-electron chi connectivity index (χ3n) is 4.31. The summed E-state index contributed by atoms with van der Waals surface area (Å²) in [6.07, 6.45) is 3.21. The van der Waals surface area contributed by atoms with Gasteiger partial charge >= 0.3 is 0 Å². The Bertz CT molecular complexity index is 504. The Morgan fingerprint density at radius 3 is 2.37 bits per heavy atom. The van der Waals surface area contributed by atoms with Gasteiger partial charge in [0, 0.05) is 33.9 Å². The van der Waals surface area contributed by atoms with Gasteiger partial charge in [0.1, 0.15) is 0 Å². The lowest BCUT2D eigenvalue weighted by Crippen LogP contribution is -2.45. The van der Waals surface area contributed by atoms with E-state index in [0.29, 0.717) is 0 Å². The molecule has 0 saturated carbocycles. The maximum Gasteiger partial charge on any atom is 0.191 e. The highest BCUT2D eigenvalue weighted by Gasteiger charge is 2.24.